The molecule has 3 atom stereocenters. The molecule has 11 nitrogen and oxygen atoms in total. The smallest absolute Gasteiger partial charge is 0.248 e. The second-order valence-corrected chi connectivity index (χ2v) is 9.75. The first-order valence-electron chi connectivity index (χ1n) is 11.1. The van der Waals surface area contributed by atoms with Crippen molar-refractivity contribution in [2.24, 2.45) is 5.41 Å². The molecule has 3 amide bonds. The van der Waals surface area contributed by atoms with Crippen molar-refractivity contribution in [2.75, 3.05) is 39.8 Å². The molecule has 2 aliphatic rings. The molecule has 0 saturated carbocycles. The lowest BCUT2D eigenvalue weighted by atomic mass is 9.85. The van der Waals surface area contributed by atoms with E-state index in [0.717, 1.165) is 18.8 Å². The summed E-state index contributed by atoms with van der Waals surface area (Å²) in [5, 5.41) is 21.2. The van der Waals surface area contributed by atoms with Crippen molar-refractivity contribution in [1.82, 2.24) is 35.0 Å². The van der Waals surface area contributed by atoms with E-state index in [0.29, 0.717) is 19.6 Å². The minimum Gasteiger partial charge on any atom is -0.391 e. The number of aliphatic hydroxyl groups excluding tert-OH is 1. The monoisotopic (exact) mass is 449 g/mol. The van der Waals surface area contributed by atoms with E-state index in [1.54, 1.807) is 17.8 Å². The van der Waals surface area contributed by atoms with Gasteiger partial charge >= 0.3 is 0 Å². The predicted molar refractivity (Wildman–Crippen MR) is 116 cm³/mol. The summed E-state index contributed by atoms with van der Waals surface area (Å²) in [6.45, 7) is 11.0. The van der Waals surface area contributed by atoms with Crippen molar-refractivity contribution in [2.45, 2.75) is 58.8 Å². The van der Waals surface area contributed by atoms with Crippen LogP contribution in [0.4, 0.5) is 0 Å². The van der Waals surface area contributed by atoms with E-state index in [2.05, 4.69) is 20.5 Å². The Kier molecular flexibility index (Phi) is 7.19. The fourth-order valence-corrected chi connectivity index (χ4v) is 4.47. The molecule has 2 saturated heterocycles. The number of carbonyl (C=O) groups excluding carboxylic acids is 3. The van der Waals surface area contributed by atoms with E-state index in [4.69, 9.17) is 0 Å². The third kappa shape index (κ3) is 5.26. The summed E-state index contributed by atoms with van der Waals surface area (Å²) in [6.07, 6.45) is 1.27. The van der Waals surface area contributed by atoms with Gasteiger partial charge in [0.05, 0.1) is 18.0 Å². The number of hydrogen-bond acceptors (Lipinski definition) is 7. The molecular weight excluding hydrogens is 414 g/mol. The molecule has 1 aromatic heterocycles. The molecule has 2 N–H and O–H groups in total. The highest BCUT2D eigenvalue weighted by molar-refractivity contribution is 5.90. The summed E-state index contributed by atoms with van der Waals surface area (Å²) in [6, 6.07) is -1.37. The quantitative estimate of drug-likeness (QED) is 0.605. The van der Waals surface area contributed by atoms with Crippen LogP contribution in [-0.2, 0) is 20.9 Å². The number of rotatable bonds is 5. The number of aliphatic hydroxyl groups is 1. The highest BCUT2D eigenvalue weighted by Crippen LogP contribution is 2.34. The Morgan fingerprint density at radius 1 is 1.22 bits per heavy atom. The van der Waals surface area contributed by atoms with Gasteiger partial charge in [0.2, 0.25) is 17.7 Å². The number of amides is 3. The lowest BCUT2D eigenvalue weighted by Crippen LogP contribution is -2.49. The second kappa shape index (κ2) is 9.53. The highest BCUT2D eigenvalue weighted by atomic mass is 16.3. The maximum Gasteiger partial charge on any atom is 0.248 e. The minimum absolute atomic E-state index is 0.0872. The van der Waals surface area contributed by atoms with Gasteiger partial charge in [-0.05, 0) is 5.41 Å². The lowest BCUT2D eigenvalue weighted by Gasteiger charge is -2.34. The average molecular weight is 450 g/mol. The van der Waals surface area contributed by atoms with Crippen LogP contribution in [-0.4, -0.2) is 104 Å². The van der Waals surface area contributed by atoms with Crippen molar-refractivity contribution >= 4 is 17.7 Å². The molecule has 3 heterocycles. The number of aromatic nitrogens is 3. The fourth-order valence-electron chi connectivity index (χ4n) is 4.47. The summed E-state index contributed by atoms with van der Waals surface area (Å²) in [4.78, 5) is 42.9. The second-order valence-electron chi connectivity index (χ2n) is 9.75. The molecule has 32 heavy (non-hydrogen) atoms. The molecule has 1 aromatic rings. The van der Waals surface area contributed by atoms with Gasteiger partial charge in [0, 0.05) is 59.7 Å². The number of carbonyl (C=O) groups is 3. The maximum absolute atomic E-state index is 13.6. The van der Waals surface area contributed by atoms with Crippen LogP contribution in [0.15, 0.2) is 6.20 Å². The van der Waals surface area contributed by atoms with E-state index in [1.165, 1.54) is 11.9 Å². The van der Waals surface area contributed by atoms with Gasteiger partial charge in [-0.1, -0.05) is 26.0 Å². The molecule has 0 spiro atoms. The zero-order valence-electron chi connectivity index (χ0n) is 19.6. The van der Waals surface area contributed by atoms with Crippen molar-refractivity contribution < 1.29 is 19.5 Å². The van der Waals surface area contributed by atoms with Crippen LogP contribution in [0.3, 0.4) is 0 Å². The molecular formula is C21H35N7O4. The largest absolute Gasteiger partial charge is 0.391 e. The van der Waals surface area contributed by atoms with E-state index in [1.807, 2.05) is 25.7 Å². The number of likely N-dealkylation sites (tertiary alicyclic amines) is 1. The SMILES string of the molecule is CNC(=O)[C@@H]1C[C@@H](O)CN1C(=O)[C@@H](n1cc(CN2CCN(C(C)=O)CC2)nn1)C(C)(C)C. The van der Waals surface area contributed by atoms with Crippen LogP contribution < -0.4 is 5.32 Å². The Morgan fingerprint density at radius 2 is 1.88 bits per heavy atom. The number of β-amino-alcohol motifs (C(OH)–C–C–N with tert-alkyl or cyclic N) is 1. The molecule has 0 bridgehead atoms. The van der Waals surface area contributed by atoms with Gasteiger partial charge in [-0.15, -0.1) is 5.10 Å². The fraction of sp³-hybridized carbons (Fsp3) is 0.762. The molecule has 0 aromatic carbocycles. The first-order valence-corrected chi connectivity index (χ1v) is 11.1. The number of nitrogens with one attached hydrogen (secondary N) is 1. The number of hydrogen-bond donors (Lipinski definition) is 2. The van der Waals surface area contributed by atoms with Crippen LogP contribution in [0.25, 0.3) is 0 Å². The number of likely N-dealkylation sites (N-methyl/N-ethyl adjacent to an activating group) is 1. The zero-order valence-corrected chi connectivity index (χ0v) is 19.6. The molecule has 2 fully saturated rings. The first-order chi connectivity index (χ1) is 15.0. The van der Waals surface area contributed by atoms with Gasteiger partial charge < -0.3 is 20.2 Å². The summed E-state index contributed by atoms with van der Waals surface area (Å²) in [5.74, 6) is -0.454. The Morgan fingerprint density at radius 3 is 2.44 bits per heavy atom. The van der Waals surface area contributed by atoms with Crippen LogP contribution in [0.2, 0.25) is 0 Å². The molecule has 178 valence electrons. The Hall–Kier alpha value is -2.53. The van der Waals surface area contributed by atoms with Gasteiger partial charge in [-0.3, -0.25) is 19.3 Å². The van der Waals surface area contributed by atoms with Crippen molar-refractivity contribution in [3.8, 4) is 0 Å². The molecule has 0 unspecified atom stereocenters. The summed E-state index contributed by atoms with van der Waals surface area (Å²) in [7, 11) is 1.52. The highest BCUT2D eigenvalue weighted by Gasteiger charge is 2.45. The first kappa shape index (κ1) is 24.1. The Bertz CT molecular complexity index is 841. The number of piperazine rings is 1. The van der Waals surface area contributed by atoms with Crippen LogP contribution >= 0.6 is 0 Å². The predicted octanol–water partition coefficient (Wildman–Crippen LogP) is -0.763. The molecule has 3 rings (SSSR count). The molecule has 2 aliphatic heterocycles. The van der Waals surface area contributed by atoms with Crippen molar-refractivity contribution in [1.29, 1.82) is 0 Å². The van der Waals surface area contributed by atoms with Crippen LogP contribution in [0.1, 0.15) is 45.9 Å². The molecule has 11 heteroatoms. The summed E-state index contributed by atoms with van der Waals surface area (Å²) >= 11 is 0. The van der Waals surface area contributed by atoms with Gasteiger partial charge in [0.25, 0.3) is 0 Å². The summed E-state index contributed by atoms with van der Waals surface area (Å²) in [5.41, 5.74) is 0.253. The third-order valence-electron chi connectivity index (χ3n) is 6.19. The maximum atomic E-state index is 13.6. The summed E-state index contributed by atoms with van der Waals surface area (Å²) < 4.78 is 1.58. The van der Waals surface area contributed by atoms with E-state index < -0.39 is 23.6 Å². The van der Waals surface area contributed by atoms with Crippen molar-refractivity contribution in [3.63, 3.8) is 0 Å². The van der Waals surface area contributed by atoms with Crippen molar-refractivity contribution in [3.05, 3.63) is 11.9 Å². The van der Waals surface area contributed by atoms with Crippen LogP contribution in [0, 0.1) is 5.41 Å². The minimum atomic E-state index is -0.734. The Balaban J connectivity index is 1.75. The normalized spacial score (nSPS) is 23.3. The topological polar surface area (TPSA) is 124 Å². The van der Waals surface area contributed by atoms with Gasteiger partial charge in [0.1, 0.15) is 12.1 Å². The number of nitrogens with zero attached hydrogens (tertiary/aromatic N) is 6. The van der Waals surface area contributed by atoms with Gasteiger partial charge in [0.15, 0.2) is 0 Å². The van der Waals surface area contributed by atoms with Gasteiger partial charge in [-0.25, -0.2) is 4.68 Å². The van der Waals surface area contributed by atoms with E-state index in [-0.39, 0.29) is 30.7 Å². The van der Waals surface area contributed by atoms with Crippen LogP contribution in [0.5, 0.6) is 0 Å². The zero-order chi connectivity index (χ0) is 23.6. The lowest BCUT2D eigenvalue weighted by molar-refractivity contribution is -0.144. The van der Waals surface area contributed by atoms with E-state index in [9.17, 15) is 19.5 Å². The van der Waals surface area contributed by atoms with Gasteiger partial charge in [-0.2, -0.15) is 0 Å². The van der Waals surface area contributed by atoms with E-state index >= 15 is 0 Å². The standard InChI is InChI=1S/C21H35N7O4/c1-14(29)26-8-6-25(7-9-26)11-15-12-28(24-23-15)18(21(2,3)4)20(32)27-13-16(30)10-17(27)19(31)22-5/h12,16-18,30H,6-11,13H2,1-5H3,(H,22,31)/t16-,17+,18-/m1/s1. The molecule has 0 aliphatic carbocycles. The Labute approximate surface area is 188 Å². The third-order valence-corrected chi connectivity index (χ3v) is 6.19. The average Bonchev–Trinajstić information content (AvgIpc) is 3.33. The molecule has 0 radical (unpaired) electrons.